The summed E-state index contributed by atoms with van der Waals surface area (Å²) < 4.78 is 0. The normalized spacial score (nSPS) is 10.7. The maximum atomic E-state index is 4.33. The first kappa shape index (κ1) is 11.7. The lowest BCUT2D eigenvalue weighted by Gasteiger charge is -2.18. The van der Waals surface area contributed by atoms with Crippen LogP contribution in [0.4, 0.5) is 0 Å². The average molecular weight is 226 g/mol. The van der Waals surface area contributed by atoms with E-state index in [9.17, 15) is 0 Å². The van der Waals surface area contributed by atoms with Gasteiger partial charge in [0.15, 0.2) is 0 Å². The Kier molecular flexibility index (Phi) is 4.22. The fraction of sp³-hybridized carbons (Fsp3) is 0.214. The van der Waals surface area contributed by atoms with Crippen molar-refractivity contribution in [3.63, 3.8) is 0 Å². The van der Waals surface area contributed by atoms with E-state index >= 15 is 0 Å². The third-order valence-electron chi connectivity index (χ3n) is 2.55. The molecule has 87 valence electrons. The summed E-state index contributed by atoms with van der Waals surface area (Å²) >= 11 is 0. The number of hydrogen-bond acceptors (Lipinski definition) is 3. The highest BCUT2D eigenvalue weighted by Crippen LogP contribution is 2.07. The Hall–Kier alpha value is -1.74. The zero-order valence-electron chi connectivity index (χ0n) is 9.95. The van der Waals surface area contributed by atoms with Crippen molar-refractivity contribution in [3.8, 4) is 0 Å². The molecule has 0 saturated heterocycles. The standard InChI is InChI=1S/C14H16N3/c1-2-17(11-13-7-3-5-9-15-13)12-14-8-4-6-10-16-14/h2-10H,11-12H2,1H3. The van der Waals surface area contributed by atoms with Crippen molar-refractivity contribution in [1.82, 2.24) is 14.9 Å². The summed E-state index contributed by atoms with van der Waals surface area (Å²) in [7, 11) is 0. The van der Waals surface area contributed by atoms with Crippen LogP contribution >= 0.6 is 0 Å². The van der Waals surface area contributed by atoms with Gasteiger partial charge in [0.1, 0.15) is 0 Å². The lowest BCUT2D eigenvalue weighted by molar-refractivity contribution is 0.314. The van der Waals surface area contributed by atoms with Gasteiger partial charge >= 0.3 is 0 Å². The van der Waals surface area contributed by atoms with E-state index in [2.05, 4.69) is 21.4 Å². The highest BCUT2D eigenvalue weighted by Gasteiger charge is 2.06. The van der Waals surface area contributed by atoms with Gasteiger partial charge in [0.25, 0.3) is 0 Å². The Labute approximate surface area is 102 Å². The molecule has 0 atom stereocenters. The second-order valence-electron chi connectivity index (χ2n) is 3.81. The van der Waals surface area contributed by atoms with E-state index < -0.39 is 0 Å². The van der Waals surface area contributed by atoms with Crippen molar-refractivity contribution in [3.05, 3.63) is 66.7 Å². The van der Waals surface area contributed by atoms with Crippen LogP contribution in [0.5, 0.6) is 0 Å². The molecular weight excluding hydrogens is 210 g/mol. The Morgan fingerprint density at radius 3 is 1.82 bits per heavy atom. The summed E-state index contributed by atoms with van der Waals surface area (Å²) in [5.41, 5.74) is 2.14. The van der Waals surface area contributed by atoms with Crippen molar-refractivity contribution >= 4 is 0 Å². The monoisotopic (exact) mass is 226 g/mol. The van der Waals surface area contributed by atoms with Crippen LogP contribution in [0.3, 0.4) is 0 Å². The third kappa shape index (κ3) is 3.64. The molecule has 2 rings (SSSR count). The molecule has 0 aromatic carbocycles. The Balaban J connectivity index is 1.98. The quantitative estimate of drug-likeness (QED) is 0.785. The predicted octanol–water partition coefficient (Wildman–Crippen LogP) is 2.66. The fourth-order valence-corrected chi connectivity index (χ4v) is 1.64. The SMILES string of the molecule is C[CH]N(Cc1ccccn1)Cc1ccccn1. The summed E-state index contributed by atoms with van der Waals surface area (Å²) in [6, 6.07) is 12.0. The molecular formula is C14H16N3. The summed E-state index contributed by atoms with van der Waals surface area (Å²) in [4.78, 5) is 10.9. The molecule has 2 heterocycles. The van der Waals surface area contributed by atoms with Gasteiger partial charge in [0, 0.05) is 32.0 Å². The van der Waals surface area contributed by atoms with E-state index in [1.807, 2.05) is 55.7 Å². The molecule has 0 spiro atoms. The molecule has 0 N–H and O–H groups in total. The highest BCUT2D eigenvalue weighted by molar-refractivity contribution is 5.06. The highest BCUT2D eigenvalue weighted by atomic mass is 15.1. The molecule has 0 unspecified atom stereocenters. The molecule has 0 saturated carbocycles. The van der Waals surface area contributed by atoms with Gasteiger partial charge in [-0.25, -0.2) is 0 Å². The molecule has 3 heteroatoms. The molecule has 0 bridgehead atoms. The van der Waals surface area contributed by atoms with Gasteiger partial charge in [-0.1, -0.05) is 12.1 Å². The summed E-state index contributed by atoms with van der Waals surface area (Å²) in [5, 5.41) is 0. The Morgan fingerprint density at radius 2 is 1.47 bits per heavy atom. The van der Waals surface area contributed by atoms with E-state index in [0.29, 0.717) is 0 Å². The first-order valence-electron chi connectivity index (χ1n) is 5.72. The van der Waals surface area contributed by atoms with Crippen LogP contribution in [-0.2, 0) is 13.1 Å². The van der Waals surface area contributed by atoms with Crippen LogP contribution in [0.15, 0.2) is 48.8 Å². The number of hydrogen-bond donors (Lipinski definition) is 0. The minimum atomic E-state index is 0.813. The topological polar surface area (TPSA) is 29.0 Å². The summed E-state index contributed by atoms with van der Waals surface area (Å²) in [6.07, 6.45) is 3.65. The van der Waals surface area contributed by atoms with Gasteiger partial charge in [-0.05, 0) is 31.2 Å². The van der Waals surface area contributed by atoms with Crippen LogP contribution in [0, 0.1) is 6.54 Å². The molecule has 0 aliphatic rings. The van der Waals surface area contributed by atoms with Crippen LogP contribution in [-0.4, -0.2) is 14.9 Å². The Morgan fingerprint density at radius 1 is 0.941 bits per heavy atom. The zero-order valence-corrected chi connectivity index (χ0v) is 9.95. The van der Waals surface area contributed by atoms with Gasteiger partial charge in [0.2, 0.25) is 0 Å². The van der Waals surface area contributed by atoms with Crippen molar-refractivity contribution in [2.75, 3.05) is 0 Å². The van der Waals surface area contributed by atoms with Gasteiger partial charge < -0.3 is 0 Å². The first-order valence-corrected chi connectivity index (χ1v) is 5.72. The van der Waals surface area contributed by atoms with Crippen molar-refractivity contribution < 1.29 is 0 Å². The number of pyridine rings is 2. The summed E-state index contributed by atoms with van der Waals surface area (Å²) in [5.74, 6) is 0. The predicted molar refractivity (Wildman–Crippen MR) is 67.7 cm³/mol. The van der Waals surface area contributed by atoms with Crippen LogP contribution in [0.1, 0.15) is 18.3 Å². The van der Waals surface area contributed by atoms with E-state index in [1.165, 1.54) is 0 Å². The molecule has 0 amide bonds. The average Bonchev–Trinajstić information content (AvgIpc) is 2.40. The minimum absolute atomic E-state index is 0.813. The van der Waals surface area contributed by atoms with E-state index in [1.54, 1.807) is 0 Å². The largest absolute Gasteiger partial charge is 0.287 e. The van der Waals surface area contributed by atoms with Crippen molar-refractivity contribution in [2.45, 2.75) is 20.0 Å². The van der Waals surface area contributed by atoms with Crippen molar-refractivity contribution in [1.29, 1.82) is 0 Å². The number of aromatic nitrogens is 2. The molecule has 0 fully saturated rings. The molecule has 0 aliphatic carbocycles. The molecule has 2 aromatic heterocycles. The molecule has 17 heavy (non-hydrogen) atoms. The smallest absolute Gasteiger partial charge is 0.0544 e. The van der Waals surface area contributed by atoms with Gasteiger partial charge in [0.05, 0.1) is 11.4 Å². The number of rotatable bonds is 5. The minimum Gasteiger partial charge on any atom is -0.287 e. The van der Waals surface area contributed by atoms with Crippen LogP contribution in [0.25, 0.3) is 0 Å². The number of nitrogens with zero attached hydrogens (tertiary/aromatic N) is 3. The Bertz CT molecular complexity index is 386. The second-order valence-corrected chi connectivity index (χ2v) is 3.81. The van der Waals surface area contributed by atoms with Gasteiger partial charge in [-0.2, -0.15) is 0 Å². The molecule has 2 aromatic rings. The van der Waals surface area contributed by atoms with Crippen molar-refractivity contribution in [2.24, 2.45) is 0 Å². The van der Waals surface area contributed by atoms with E-state index in [4.69, 9.17) is 0 Å². The van der Waals surface area contributed by atoms with Gasteiger partial charge in [-0.15, -0.1) is 0 Å². The van der Waals surface area contributed by atoms with E-state index in [-0.39, 0.29) is 0 Å². The zero-order chi connectivity index (χ0) is 11.9. The maximum Gasteiger partial charge on any atom is 0.0544 e. The third-order valence-corrected chi connectivity index (χ3v) is 2.55. The molecule has 3 nitrogen and oxygen atoms in total. The molecule has 1 radical (unpaired) electrons. The lowest BCUT2D eigenvalue weighted by Crippen LogP contribution is -2.19. The lowest BCUT2D eigenvalue weighted by atomic mass is 10.3. The maximum absolute atomic E-state index is 4.33. The van der Waals surface area contributed by atoms with E-state index in [0.717, 1.165) is 24.5 Å². The second kappa shape index (κ2) is 6.11. The van der Waals surface area contributed by atoms with Crippen LogP contribution < -0.4 is 0 Å². The van der Waals surface area contributed by atoms with Gasteiger partial charge in [-0.3, -0.25) is 14.9 Å². The molecule has 0 aliphatic heterocycles. The summed E-state index contributed by atoms with van der Waals surface area (Å²) in [6.45, 7) is 5.73. The fourth-order valence-electron chi connectivity index (χ4n) is 1.64. The van der Waals surface area contributed by atoms with Crippen LogP contribution in [0.2, 0.25) is 0 Å². The first-order chi connectivity index (χ1) is 8.38.